The van der Waals surface area contributed by atoms with Crippen LogP contribution < -0.4 is 0 Å². The van der Waals surface area contributed by atoms with E-state index in [1.54, 1.807) is 0 Å². The second-order valence-corrected chi connectivity index (χ2v) is 8.29. The predicted octanol–water partition coefficient (Wildman–Crippen LogP) is 4.42. The Labute approximate surface area is 140 Å². The molecule has 0 saturated carbocycles. The van der Waals surface area contributed by atoms with Gasteiger partial charge in [0.1, 0.15) is 5.60 Å². The van der Waals surface area contributed by atoms with Crippen molar-refractivity contribution >= 4 is 6.09 Å². The van der Waals surface area contributed by atoms with E-state index < -0.39 is 11.2 Å². The number of hydrogen-bond donors (Lipinski definition) is 1. The number of aliphatic hydroxyl groups is 1. The summed E-state index contributed by atoms with van der Waals surface area (Å²) >= 11 is 0. The van der Waals surface area contributed by atoms with Gasteiger partial charge in [-0.05, 0) is 65.7 Å². The zero-order chi connectivity index (χ0) is 17.1. The summed E-state index contributed by atoms with van der Waals surface area (Å²) in [5, 5.41) is 10.9. The standard InChI is InChI=1S/C19H33NO3/c1-5-6-7-8-9-12-19(22)13-15-10-11-16(14-19)20(15)17(21)23-18(2,3)4/h5,15-16,22H,1,6-14H2,2-4H3. The van der Waals surface area contributed by atoms with Crippen LogP contribution in [0.5, 0.6) is 0 Å². The van der Waals surface area contributed by atoms with Gasteiger partial charge in [-0.2, -0.15) is 0 Å². The molecule has 1 amide bonds. The van der Waals surface area contributed by atoms with Crippen molar-refractivity contribution in [3.8, 4) is 0 Å². The van der Waals surface area contributed by atoms with E-state index in [2.05, 4.69) is 6.58 Å². The fourth-order valence-electron chi connectivity index (χ4n) is 4.06. The number of amides is 1. The number of carbonyl (C=O) groups excluding carboxylic acids is 1. The van der Waals surface area contributed by atoms with Gasteiger partial charge in [0.05, 0.1) is 5.60 Å². The average Bonchev–Trinajstić information content (AvgIpc) is 2.70. The van der Waals surface area contributed by atoms with E-state index in [4.69, 9.17) is 4.74 Å². The number of hydrogen-bond acceptors (Lipinski definition) is 3. The Bertz CT molecular complexity index is 413. The van der Waals surface area contributed by atoms with Crippen LogP contribution >= 0.6 is 0 Å². The Hall–Kier alpha value is -1.03. The molecule has 1 N–H and O–H groups in total. The minimum atomic E-state index is -0.599. The highest BCUT2D eigenvalue weighted by atomic mass is 16.6. The highest BCUT2D eigenvalue weighted by Gasteiger charge is 2.49. The average molecular weight is 323 g/mol. The molecule has 0 aromatic rings. The van der Waals surface area contributed by atoms with Gasteiger partial charge in [0, 0.05) is 12.1 Å². The number of rotatable bonds is 6. The molecule has 2 bridgehead atoms. The van der Waals surface area contributed by atoms with E-state index in [0.717, 1.165) is 44.9 Å². The largest absolute Gasteiger partial charge is 0.444 e. The van der Waals surface area contributed by atoms with Gasteiger partial charge in [0.2, 0.25) is 0 Å². The van der Waals surface area contributed by atoms with E-state index in [0.29, 0.717) is 12.8 Å². The molecule has 2 heterocycles. The maximum absolute atomic E-state index is 12.4. The molecule has 2 aliphatic rings. The molecule has 132 valence electrons. The van der Waals surface area contributed by atoms with Gasteiger partial charge in [-0.25, -0.2) is 4.79 Å². The molecular weight excluding hydrogens is 290 g/mol. The van der Waals surface area contributed by atoms with Crippen molar-refractivity contribution in [1.82, 2.24) is 4.90 Å². The van der Waals surface area contributed by atoms with Crippen LogP contribution in [-0.2, 0) is 4.74 Å². The summed E-state index contributed by atoms with van der Waals surface area (Å²) in [6.45, 7) is 9.44. The maximum Gasteiger partial charge on any atom is 0.410 e. The van der Waals surface area contributed by atoms with Gasteiger partial charge in [-0.3, -0.25) is 0 Å². The van der Waals surface area contributed by atoms with Gasteiger partial charge in [0.15, 0.2) is 0 Å². The van der Waals surface area contributed by atoms with Crippen molar-refractivity contribution in [1.29, 1.82) is 0 Å². The molecule has 2 atom stereocenters. The van der Waals surface area contributed by atoms with Crippen molar-refractivity contribution in [3.63, 3.8) is 0 Å². The second kappa shape index (κ2) is 7.25. The summed E-state index contributed by atoms with van der Waals surface area (Å²) in [4.78, 5) is 14.3. The fourth-order valence-corrected chi connectivity index (χ4v) is 4.06. The molecule has 2 unspecified atom stereocenters. The first-order valence-corrected chi connectivity index (χ1v) is 9.09. The minimum absolute atomic E-state index is 0.141. The number of ether oxygens (including phenoxy) is 1. The number of carbonyl (C=O) groups is 1. The van der Waals surface area contributed by atoms with E-state index >= 15 is 0 Å². The van der Waals surface area contributed by atoms with Crippen LogP contribution in [0.4, 0.5) is 4.79 Å². The van der Waals surface area contributed by atoms with Crippen LogP contribution in [0.1, 0.15) is 78.6 Å². The van der Waals surface area contributed by atoms with E-state index in [1.807, 2.05) is 31.7 Å². The quantitative estimate of drug-likeness (QED) is 0.581. The molecule has 0 spiro atoms. The van der Waals surface area contributed by atoms with Crippen LogP contribution in [-0.4, -0.2) is 39.4 Å². The fraction of sp³-hybridized carbons (Fsp3) is 0.842. The molecule has 4 heteroatoms. The van der Waals surface area contributed by atoms with Gasteiger partial charge < -0.3 is 14.7 Å². The van der Waals surface area contributed by atoms with Crippen LogP contribution in [0.25, 0.3) is 0 Å². The van der Waals surface area contributed by atoms with Crippen LogP contribution in [0.2, 0.25) is 0 Å². The molecule has 4 nitrogen and oxygen atoms in total. The summed E-state index contributed by atoms with van der Waals surface area (Å²) in [6.07, 6.45) is 10.4. The SMILES string of the molecule is C=CCCCCCC1(O)CC2CCC(C1)N2C(=O)OC(C)(C)C. The third-order valence-corrected chi connectivity index (χ3v) is 5.01. The Morgan fingerprint density at radius 3 is 2.39 bits per heavy atom. The summed E-state index contributed by atoms with van der Waals surface area (Å²) in [6, 6.07) is 0.281. The maximum atomic E-state index is 12.4. The lowest BCUT2D eigenvalue weighted by Gasteiger charge is -2.44. The van der Waals surface area contributed by atoms with E-state index in [-0.39, 0.29) is 18.2 Å². The molecule has 23 heavy (non-hydrogen) atoms. The van der Waals surface area contributed by atoms with Crippen molar-refractivity contribution in [2.24, 2.45) is 0 Å². The van der Waals surface area contributed by atoms with Crippen molar-refractivity contribution < 1.29 is 14.6 Å². The Balaban J connectivity index is 1.88. The van der Waals surface area contributed by atoms with Gasteiger partial charge in [-0.1, -0.05) is 18.9 Å². The monoisotopic (exact) mass is 323 g/mol. The summed E-state index contributed by atoms with van der Waals surface area (Å²) in [5.74, 6) is 0. The number of allylic oxidation sites excluding steroid dienone is 1. The zero-order valence-corrected chi connectivity index (χ0v) is 15.0. The smallest absolute Gasteiger partial charge is 0.410 e. The predicted molar refractivity (Wildman–Crippen MR) is 92.3 cm³/mol. The lowest BCUT2D eigenvalue weighted by atomic mass is 9.82. The Morgan fingerprint density at radius 1 is 1.26 bits per heavy atom. The first-order valence-electron chi connectivity index (χ1n) is 9.09. The third kappa shape index (κ3) is 4.97. The molecule has 0 radical (unpaired) electrons. The normalized spacial score (nSPS) is 30.3. The van der Waals surface area contributed by atoms with Gasteiger partial charge in [0.25, 0.3) is 0 Å². The Kier molecular flexibility index (Phi) is 5.77. The zero-order valence-electron chi connectivity index (χ0n) is 15.0. The third-order valence-electron chi connectivity index (χ3n) is 5.01. The molecule has 2 fully saturated rings. The van der Waals surface area contributed by atoms with Crippen molar-refractivity contribution in [2.75, 3.05) is 0 Å². The highest BCUT2D eigenvalue weighted by molar-refractivity contribution is 5.69. The van der Waals surface area contributed by atoms with Crippen LogP contribution in [0, 0.1) is 0 Å². The van der Waals surface area contributed by atoms with Gasteiger partial charge in [-0.15, -0.1) is 6.58 Å². The number of unbranched alkanes of at least 4 members (excludes halogenated alkanes) is 3. The molecule has 2 rings (SSSR count). The second-order valence-electron chi connectivity index (χ2n) is 8.29. The number of fused-ring (bicyclic) bond motifs is 2. The molecule has 0 aliphatic carbocycles. The Morgan fingerprint density at radius 2 is 1.87 bits per heavy atom. The minimum Gasteiger partial charge on any atom is -0.444 e. The lowest BCUT2D eigenvalue weighted by molar-refractivity contribution is -0.0635. The van der Waals surface area contributed by atoms with Crippen molar-refractivity contribution in [2.45, 2.75) is 102 Å². The molecule has 2 saturated heterocycles. The first kappa shape index (κ1) is 18.3. The van der Waals surface area contributed by atoms with Crippen molar-refractivity contribution in [3.05, 3.63) is 12.7 Å². The van der Waals surface area contributed by atoms with Crippen LogP contribution in [0.15, 0.2) is 12.7 Å². The van der Waals surface area contributed by atoms with Crippen LogP contribution in [0.3, 0.4) is 0 Å². The molecule has 2 aliphatic heterocycles. The topological polar surface area (TPSA) is 49.8 Å². The molecular formula is C19H33NO3. The number of nitrogens with zero attached hydrogens (tertiary/aromatic N) is 1. The summed E-state index contributed by atoms with van der Waals surface area (Å²) in [5.41, 5.74) is -1.06. The molecule has 0 aromatic heterocycles. The number of piperidine rings is 1. The summed E-state index contributed by atoms with van der Waals surface area (Å²) in [7, 11) is 0. The van der Waals surface area contributed by atoms with E-state index in [9.17, 15) is 9.90 Å². The van der Waals surface area contributed by atoms with E-state index in [1.165, 1.54) is 0 Å². The highest BCUT2D eigenvalue weighted by Crippen LogP contribution is 2.43. The lowest BCUT2D eigenvalue weighted by Crippen LogP contribution is -2.54. The van der Waals surface area contributed by atoms with Gasteiger partial charge >= 0.3 is 6.09 Å². The summed E-state index contributed by atoms with van der Waals surface area (Å²) < 4.78 is 5.55. The molecule has 0 aromatic carbocycles. The first-order chi connectivity index (χ1) is 10.7.